The number of benzene rings is 1. The van der Waals surface area contributed by atoms with Crippen molar-refractivity contribution in [1.82, 2.24) is 4.90 Å². The molecule has 0 amide bonds. The third-order valence-electron chi connectivity index (χ3n) is 4.04. The van der Waals surface area contributed by atoms with Crippen LogP contribution in [0.3, 0.4) is 0 Å². The Labute approximate surface area is 121 Å². The molecule has 3 nitrogen and oxygen atoms in total. The highest BCUT2D eigenvalue weighted by atomic mass is 35.5. The van der Waals surface area contributed by atoms with Gasteiger partial charge in [-0.15, -0.1) is 0 Å². The van der Waals surface area contributed by atoms with E-state index in [4.69, 9.17) is 17.3 Å². The Hall–Kier alpha value is -0.770. The molecule has 0 aliphatic carbocycles. The molecule has 1 aromatic carbocycles. The highest BCUT2D eigenvalue weighted by Crippen LogP contribution is 2.25. The maximum absolute atomic E-state index is 6.03. The van der Waals surface area contributed by atoms with E-state index in [2.05, 4.69) is 30.0 Å². The van der Waals surface area contributed by atoms with Crippen molar-refractivity contribution >= 4 is 17.3 Å². The largest absolute Gasteiger partial charge is 0.374 e. The summed E-state index contributed by atoms with van der Waals surface area (Å²) in [6.07, 6.45) is 2.57. The Bertz CT molecular complexity index is 414. The molecule has 106 valence electrons. The minimum Gasteiger partial charge on any atom is -0.374 e. The van der Waals surface area contributed by atoms with Crippen molar-refractivity contribution in [3.63, 3.8) is 0 Å². The molecule has 0 aromatic heterocycles. The highest BCUT2D eigenvalue weighted by molar-refractivity contribution is 6.30. The first-order chi connectivity index (χ1) is 9.10. The fraction of sp³-hybridized carbons (Fsp3) is 0.600. The quantitative estimate of drug-likeness (QED) is 0.921. The van der Waals surface area contributed by atoms with Crippen molar-refractivity contribution in [3.05, 3.63) is 28.8 Å². The van der Waals surface area contributed by atoms with Crippen LogP contribution in [0.5, 0.6) is 0 Å². The molecule has 0 spiro atoms. The van der Waals surface area contributed by atoms with Gasteiger partial charge in [-0.2, -0.15) is 0 Å². The Morgan fingerprint density at radius 2 is 2.05 bits per heavy atom. The number of likely N-dealkylation sites (tertiary alicyclic amines) is 1. The SMILES string of the molecule is CN1CCC(CN(C)c2ccc(Cl)cc2CN)CC1. The summed E-state index contributed by atoms with van der Waals surface area (Å²) < 4.78 is 0. The van der Waals surface area contributed by atoms with Gasteiger partial charge < -0.3 is 15.5 Å². The second-order valence-corrected chi connectivity index (χ2v) is 6.04. The lowest BCUT2D eigenvalue weighted by Crippen LogP contribution is -2.36. The summed E-state index contributed by atoms with van der Waals surface area (Å²) in [5, 5.41) is 0.761. The number of hydrogen-bond donors (Lipinski definition) is 1. The van der Waals surface area contributed by atoms with Crippen LogP contribution < -0.4 is 10.6 Å². The van der Waals surface area contributed by atoms with Crippen LogP contribution in [-0.4, -0.2) is 38.6 Å². The van der Waals surface area contributed by atoms with E-state index in [0.29, 0.717) is 6.54 Å². The molecule has 19 heavy (non-hydrogen) atoms. The van der Waals surface area contributed by atoms with Gasteiger partial charge in [-0.1, -0.05) is 11.6 Å². The van der Waals surface area contributed by atoms with Crippen LogP contribution in [0.1, 0.15) is 18.4 Å². The lowest BCUT2D eigenvalue weighted by atomic mass is 9.96. The summed E-state index contributed by atoms with van der Waals surface area (Å²) in [4.78, 5) is 4.73. The molecule has 2 N–H and O–H groups in total. The Morgan fingerprint density at radius 3 is 2.68 bits per heavy atom. The van der Waals surface area contributed by atoms with E-state index in [1.165, 1.54) is 31.6 Å². The van der Waals surface area contributed by atoms with Crippen molar-refractivity contribution < 1.29 is 0 Å². The zero-order chi connectivity index (χ0) is 13.8. The van der Waals surface area contributed by atoms with Crippen LogP contribution in [0.15, 0.2) is 18.2 Å². The second-order valence-electron chi connectivity index (χ2n) is 5.60. The molecule has 0 bridgehead atoms. The topological polar surface area (TPSA) is 32.5 Å². The molecule has 2 rings (SSSR count). The Kier molecular flexibility index (Phi) is 5.08. The van der Waals surface area contributed by atoms with E-state index in [0.717, 1.165) is 23.0 Å². The van der Waals surface area contributed by atoms with Crippen molar-refractivity contribution in [1.29, 1.82) is 0 Å². The number of nitrogens with two attached hydrogens (primary N) is 1. The minimum absolute atomic E-state index is 0.535. The van der Waals surface area contributed by atoms with Crippen LogP contribution in [0.2, 0.25) is 5.02 Å². The molecule has 1 aliphatic rings. The van der Waals surface area contributed by atoms with Crippen LogP contribution in [-0.2, 0) is 6.54 Å². The Balaban J connectivity index is 2.01. The zero-order valence-electron chi connectivity index (χ0n) is 11.9. The molecule has 4 heteroatoms. The number of anilines is 1. The predicted molar refractivity (Wildman–Crippen MR) is 82.8 cm³/mol. The first-order valence-corrected chi connectivity index (χ1v) is 7.36. The predicted octanol–water partition coefficient (Wildman–Crippen LogP) is 2.58. The van der Waals surface area contributed by atoms with E-state index in [1.54, 1.807) is 0 Å². The van der Waals surface area contributed by atoms with Gasteiger partial charge in [0.2, 0.25) is 0 Å². The Morgan fingerprint density at radius 1 is 1.37 bits per heavy atom. The van der Waals surface area contributed by atoms with Gasteiger partial charge in [0.1, 0.15) is 0 Å². The third kappa shape index (κ3) is 3.85. The van der Waals surface area contributed by atoms with E-state index in [9.17, 15) is 0 Å². The number of nitrogens with zero attached hydrogens (tertiary/aromatic N) is 2. The standard InChI is InChI=1S/C15H24ClN3/c1-18-7-5-12(6-8-18)11-19(2)15-4-3-14(16)9-13(15)10-17/h3-4,9,12H,5-8,10-11,17H2,1-2H3. The second kappa shape index (κ2) is 6.60. The number of rotatable bonds is 4. The lowest BCUT2D eigenvalue weighted by molar-refractivity contribution is 0.222. The first kappa shape index (κ1) is 14.6. The zero-order valence-corrected chi connectivity index (χ0v) is 12.7. The fourth-order valence-electron chi connectivity index (χ4n) is 2.82. The summed E-state index contributed by atoms with van der Waals surface area (Å²) in [6, 6.07) is 6.00. The third-order valence-corrected chi connectivity index (χ3v) is 4.28. The van der Waals surface area contributed by atoms with E-state index >= 15 is 0 Å². The summed E-state index contributed by atoms with van der Waals surface area (Å²) in [5.41, 5.74) is 8.16. The van der Waals surface area contributed by atoms with Gasteiger partial charge >= 0.3 is 0 Å². The van der Waals surface area contributed by atoms with Crippen LogP contribution in [0, 0.1) is 5.92 Å². The van der Waals surface area contributed by atoms with Gasteiger partial charge in [0.25, 0.3) is 0 Å². The summed E-state index contributed by atoms with van der Waals surface area (Å²) >= 11 is 6.03. The molecule has 1 aliphatic heterocycles. The molecule has 0 radical (unpaired) electrons. The summed E-state index contributed by atoms with van der Waals surface area (Å²) in [5.74, 6) is 0.780. The van der Waals surface area contributed by atoms with Gasteiger partial charge in [0.05, 0.1) is 0 Å². The van der Waals surface area contributed by atoms with Gasteiger partial charge in [-0.3, -0.25) is 0 Å². The van der Waals surface area contributed by atoms with Crippen molar-refractivity contribution in [2.45, 2.75) is 19.4 Å². The molecule has 1 fully saturated rings. The average Bonchev–Trinajstić information content (AvgIpc) is 2.41. The lowest BCUT2D eigenvalue weighted by Gasteiger charge is -2.33. The van der Waals surface area contributed by atoms with Crippen molar-refractivity contribution in [2.75, 3.05) is 38.6 Å². The normalized spacial score (nSPS) is 17.7. The van der Waals surface area contributed by atoms with Gasteiger partial charge in [-0.25, -0.2) is 0 Å². The maximum Gasteiger partial charge on any atom is 0.0410 e. The minimum atomic E-state index is 0.535. The first-order valence-electron chi connectivity index (χ1n) is 6.98. The van der Waals surface area contributed by atoms with E-state index in [1.807, 2.05) is 12.1 Å². The van der Waals surface area contributed by atoms with E-state index < -0.39 is 0 Å². The molecular formula is C15H24ClN3. The molecule has 0 unspecified atom stereocenters. The van der Waals surface area contributed by atoms with Gasteiger partial charge in [0, 0.05) is 30.8 Å². The summed E-state index contributed by atoms with van der Waals surface area (Å²) in [7, 11) is 4.35. The number of piperidine rings is 1. The maximum atomic E-state index is 6.03. The van der Waals surface area contributed by atoms with Crippen LogP contribution in [0.25, 0.3) is 0 Å². The van der Waals surface area contributed by atoms with Gasteiger partial charge in [0.15, 0.2) is 0 Å². The van der Waals surface area contributed by atoms with Crippen molar-refractivity contribution in [3.8, 4) is 0 Å². The monoisotopic (exact) mass is 281 g/mol. The molecular weight excluding hydrogens is 258 g/mol. The molecule has 1 aromatic rings. The fourth-order valence-corrected chi connectivity index (χ4v) is 3.01. The highest BCUT2D eigenvalue weighted by Gasteiger charge is 2.19. The average molecular weight is 282 g/mol. The molecule has 0 atom stereocenters. The molecule has 1 saturated heterocycles. The van der Waals surface area contributed by atoms with Gasteiger partial charge in [-0.05, 0) is 62.7 Å². The molecule has 1 heterocycles. The smallest absolute Gasteiger partial charge is 0.0410 e. The summed E-state index contributed by atoms with van der Waals surface area (Å²) in [6.45, 7) is 4.06. The van der Waals surface area contributed by atoms with Crippen LogP contribution >= 0.6 is 11.6 Å². The van der Waals surface area contributed by atoms with E-state index in [-0.39, 0.29) is 0 Å². The van der Waals surface area contributed by atoms with Crippen molar-refractivity contribution in [2.24, 2.45) is 11.7 Å². The molecule has 0 saturated carbocycles. The van der Waals surface area contributed by atoms with Crippen LogP contribution in [0.4, 0.5) is 5.69 Å². The number of hydrogen-bond acceptors (Lipinski definition) is 3. The number of halogens is 1.